The molecular weight excluding hydrogens is 346 g/mol. The molecule has 0 saturated carbocycles. The molecule has 3 heterocycles. The summed E-state index contributed by atoms with van der Waals surface area (Å²) in [6.45, 7) is 5.34. The van der Waals surface area contributed by atoms with Gasteiger partial charge in [-0.05, 0) is 37.4 Å². The van der Waals surface area contributed by atoms with Gasteiger partial charge in [-0.1, -0.05) is 28.1 Å². The standard InChI is InChI=1S/C16H18BrN3S/c1-12(2)20(11-13-6-5-9-21-13)16-14(10-17)19-8-4-3-7-15(19)18-16/h3-9,12H,10-11H2,1-2H3. The number of rotatable bonds is 5. The fourth-order valence-corrected chi connectivity index (χ4v) is 3.68. The second-order valence-corrected chi connectivity index (χ2v) is 6.84. The Bertz CT molecular complexity index is 718. The molecule has 3 aromatic heterocycles. The van der Waals surface area contributed by atoms with Crippen molar-refractivity contribution in [3.63, 3.8) is 0 Å². The topological polar surface area (TPSA) is 20.5 Å². The number of anilines is 1. The van der Waals surface area contributed by atoms with Crippen LogP contribution in [-0.4, -0.2) is 15.4 Å². The number of nitrogens with zero attached hydrogens (tertiary/aromatic N) is 3. The van der Waals surface area contributed by atoms with Crippen molar-refractivity contribution in [1.82, 2.24) is 9.38 Å². The number of imidazole rings is 1. The molecule has 0 aliphatic rings. The number of fused-ring (bicyclic) bond motifs is 1. The smallest absolute Gasteiger partial charge is 0.152 e. The maximum absolute atomic E-state index is 4.85. The van der Waals surface area contributed by atoms with E-state index in [1.54, 1.807) is 11.3 Å². The van der Waals surface area contributed by atoms with Crippen molar-refractivity contribution < 1.29 is 0 Å². The molecule has 0 radical (unpaired) electrons. The fourth-order valence-electron chi connectivity index (χ4n) is 2.46. The number of hydrogen-bond acceptors (Lipinski definition) is 3. The lowest BCUT2D eigenvalue weighted by Crippen LogP contribution is -2.30. The van der Waals surface area contributed by atoms with Crippen molar-refractivity contribution in [3.05, 3.63) is 52.5 Å². The van der Waals surface area contributed by atoms with E-state index in [9.17, 15) is 0 Å². The highest BCUT2D eigenvalue weighted by atomic mass is 79.9. The maximum Gasteiger partial charge on any atom is 0.152 e. The molecule has 0 saturated heterocycles. The van der Waals surface area contributed by atoms with Gasteiger partial charge in [-0.2, -0.15) is 0 Å². The summed E-state index contributed by atoms with van der Waals surface area (Å²) < 4.78 is 2.16. The molecule has 0 N–H and O–H groups in total. The van der Waals surface area contributed by atoms with E-state index in [1.807, 2.05) is 12.1 Å². The maximum atomic E-state index is 4.85. The summed E-state index contributed by atoms with van der Waals surface area (Å²) >= 11 is 5.41. The van der Waals surface area contributed by atoms with Crippen LogP contribution < -0.4 is 4.90 Å². The molecule has 0 aliphatic heterocycles. The van der Waals surface area contributed by atoms with E-state index in [4.69, 9.17) is 4.98 Å². The molecule has 0 fully saturated rings. The van der Waals surface area contributed by atoms with Gasteiger partial charge in [0, 0.05) is 22.4 Å². The van der Waals surface area contributed by atoms with Crippen LogP contribution in [0.3, 0.4) is 0 Å². The van der Waals surface area contributed by atoms with Crippen LogP contribution in [-0.2, 0) is 11.9 Å². The highest BCUT2D eigenvalue weighted by molar-refractivity contribution is 9.08. The van der Waals surface area contributed by atoms with Gasteiger partial charge in [0.2, 0.25) is 0 Å². The lowest BCUT2D eigenvalue weighted by molar-refractivity contribution is 0.676. The van der Waals surface area contributed by atoms with E-state index in [-0.39, 0.29) is 0 Å². The number of hydrogen-bond donors (Lipinski definition) is 0. The van der Waals surface area contributed by atoms with E-state index in [1.165, 1.54) is 10.6 Å². The van der Waals surface area contributed by atoms with Gasteiger partial charge in [-0.15, -0.1) is 11.3 Å². The number of thiophene rings is 1. The minimum atomic E-state index is 0.398. The molecule has 0 amide bonds. The Hall–Kier alpha value is -1.33. The van der Waals surface area contributed by atoms with E-state index < -0.39 is 0 Å². The Morgan fingerprint density at radius 2 is 2.14 bits per heavy atom. The van der Waals surface area contributed by atoms with E-state index in [0.29, 0.717) is 6.04 Å². The fraction of sp³-hybridized carbons (Fsp3) is 0.312. The lowest BCUT2D eigenvalue weighted by atomic mass is 10.2. The van der Waals surface area contributed by atoms with Gasteiger partial charge in [0.05, 0.1) is 12.2 Å². The van der Waals surface area contributed by atoms with Gasteiger partial charge in [-0.25, -0.2) is 4.98 Å². The molecule has 0 bridgehead atoms. The summed E-state index contributed by atoms with van der Waals surface area (Å²) in [5.41, 5.74) is 2.20. The van der Waals surface area contributed by atoms with Gasteiger partial charge in [0.1, 0.15) is 5.65 Å². The van der Waals surface area contributed by atoms with Crippen molar-refractivity contribution in [1.29, 1.82) is 0 Å². The monoisotopic (exact) mass is 363 g/mol. The Kier molecular flexibility index (Phi) is 4.31. The molecule has 21 heavy (non-hydrogen) atoms. The summed E-state index contributed by atoms with van der Waals surface area (Å²) in [5, 5.41) is 2.92. The number of halogens is 1. The Morgan fingerprint density at radius 3 is 2.81 bits per heavy atom. The molecule has 3 rings (SSSR count). The first-order valence-corrected chi connectivity index (χ1v) is 9.01. The van der Waals surface area contributed by atoms with E-state index >= 15 is 0 Å². The predicted octanol–water partition coefficient (Wildman–Crippen LogP) is 4.71. The van der Waals surface area contributed by atoms with Crippen LogP contribution in [0.4, 0.5) is 5.82 Å². The van der Waals surface area contributed by atoms with Gasteiger partial charge >= 0.3 is 0 Å². The largest absolute Gasteiger partial charge is 0.347 e. The third-order valence-corrected chi connectivity index (χ3v) is 4.93. The van der Waals surface area contributed by atoms with Crippen LogP contribution in [0.25, 0.3) is 5.65 Å². The van der Waals surface area contributed by atoms with Gasteiger partial charge < -0.3 is 9.30 Å². The Balaban J connectivity index is 2.06. The zero-order valence-corrected chi connectivity index (χ0v) is 14.6. The lowest BCUT2D eigenvalue weighted by Gasteiger charge is -2.27. The van der Waals surface area contributed by atoms with Crippen molar-refractivity contribution >= 4 is 38.7 Å². The van der Waals surface area contributed by atoms with Crippen LogP contribution >= 0.6 is 27.3 Å². The van der Waals surface area contributed by atoms with Crippen LogP contribution in [0.5, 0.6) is 0 Å². The van der Waals surface area contributed by atoms with Crippen LogP contribution in [0, 0.1) is 0 Å². The van der Waals surface area contributed by atoms with Crippen LogP contribution in [0.15, 0.2) is 41.9 Å². The highest BCUT2D eigenvalue weighted by Gasteiger charge is 2.20. The van der Waals surface area contributed by atoms with E-state index in [0.717, 1.165) is 23.3 Å². The average molecular weight is 364 g/mol. The van der Waals surface area contributed by atoms with Gasteiger partial charge in [0.25, 0.3) is 0 Å². The third-order valence-electron chi connectivity index (χ3n) is 3.54. The second kappa shape index (κ2) is 6.20. The van der Waals surface area contributed by atoms with Crippen LogP contribution in [0.1, 0.15) is 24.4 Å². The number of pyridine rings is 1. The summed E-state index contributed by atoms with van der Waals surface area (Å²) in [7, 11) is 0. The van der Waals surface area contributed by atoms with Crippen molar-refractivity contribution in [3.8, 4) is 0 Å². The third kappa shape index (κ3) is 2.85. The normalized spacial score (nSPS) is 11.4. The van der Waals surface area contributed by atoms with Crippen molar-refractivity contribution in [2.45, 2.75) is 31.8 Å². The quantitative estimate of drug-likeness (QED) is 0.612. The summed E-state index contributed by atoms with van der Waals surface area (Å²) in [6.07, 6.45) is 2.08. The molecule has 0 spiro atoms. The summed E-state index contributed by atoms with van der Waals surface area (Å²) in [4.78, 5) is 8.58. The summed E-state index contributed by atoms with van der Waals surface area (Å²) in [5.74, 6) is 1.07. The second-order valence-electron chi connectivity index (χ2n) is 5.25. The molecule has 3 aromatic rings. The first-order chi connectivity index (χ1) is 10.2. The van der Waals surface area contributed by atoms with Crippen molar-refractivity contribution in [2.24, 2.45) is 0 Å². The SMILES string of the molecule is CC(C)N(Cc1cccs1)c1nc2ccccn2c1CBr. The van der Waals surface area contributed by atoms with Gasteiger partial charge in [-0.3, -0.25) is 0 Å². The molecular formula is C16H18BrN3S. The number of aromatic nitrogens is 2. The minimum absolute atomic E-state index is 0.398. The molecule has 0 unspecified atom stereocenters. The predicted molar refractivity (Wildman–Crippen MR) is 93.5 cm³/mol. The first-order valence-electron chi connectivity index (χ1n) is 7.01. The van der Waals surface area contributed by atoms with Crippen molar-refractivity contribution in [2.75, 3.05) is 4.90 Å². The number of alkyl halides is 1. The minimum Gasteiger partial charge on any atom is -0.347 e. The molecule has 0 aromatic carbocycles. The molecule has 3 nitrogen and oxygen atoms in total. The van der Waals surface area contributed by atoms with E-state index in [2.05, 4.69) is 68.9 Å². The van der Waals surface area contributed by atoms with Gasteiger partial charge in [0.15, 0.2) is 5.82 Å². The van der Waals surface area contributed by atoms with Crippen LogP contribution in [0.2, 0.25) is 0 Å². The molecule has 5 heteroatoms. The zero-order chi connectivity index (χ0) is 14.8. The summed E-state index contributed by atoms with van der Waals surface area (Å²) in [6, 6.07) is 10.8. The molecule has 0 atom stereocenters. The Morgan fingerprint density at radius 1 is 1.29 bits per heavy atom. The first kappa shape index (κ1) is 14.6. The molecule has 110 valence electrons. The highest BCUT2D eigenvalue weighted by Crippen LogP contribution is 2.28. The molecule has 0 aliphatic carbocycles. The Labute approximate surface area is 137 Å². The average Bonchev–Trinajstić information content (AvgIpc) is 3.11. The zero-order valence-electron chi connectivity index (χ0n) is 12.2.